The van der Waals surface area contributed by atoms with Gasteiger partial charge in [-0.3, -0.25) is 19.8 Å². The monoisotopic (exact) mass is 354 g/mol. The Balaban J connectivity index is 1.43. The molecule has 1 aliphatic heterocycles. The molecular weight excluding hydrogens is 332 g/mol. The SMILES string of the molecule is Cc1cc(NC(=O)C(=O)N2CCN(C/C=C/c3ccccc3)CC2)no1. The van der Waals surface area contributed by atoms with E-state index in [1.54, 1.807) is 17.9 Å². The van der Waals surface area contributed by atoms with Gasteiger partial charge in [-0.25, -0.2) is 0 Å². The van der Waals surface area contributed by atoms with Crippen LogP contribution in [0.2, 0.25) is 0 Å². The molecule has 7 nitrogen and oxygen atoms in total. The smallest absolute Gasteiger partial charge is 0.315 e. The zero-order chi connectivity index (χ0) is 18.4. The van der Waals surface area contributed by atoms with E-state index in [0.717, 1.165) is 19.6 Å². The summed E-state index contributed by atoms with van der Waals surface area (Å²) < 4.78 is 4.87. The van der Waals surface area contributed by atoms with Crippen molar-refractivity contribution in [3.8, 4) is 0 Å². The van der Waals surface area contributed by atoms with E-state index in [2.05, 4.69) is 39.7 Å². The maximum atomic E-state index is 12.2. The van der Waals surface area contributed by atoms with Gasteiger partial charge in [0.1, 0.15) is 5.76 Å². The van der Waals surface area contributed by atoms with Crippen LogP contribution in [0, 0.1) is 6.92 Å². The third kappa shape index (κ3) is 4.80. The molecule has 0 aliphatic carbocycles. The third-order valence-electron chi connectivity index (χ3n) is 4.20. The number of aryl methyl sites for hydroxylation is 1. The van der Waals surface area contributed by atoms with Crippen molar-refractivity contribution in [3.05, 3.63) is 53.8 Å². The number of hydrogen-bond donors (Lipinski definition) is 1. The number of aromatic nitrogens is 1. The van der Waals surface area contributed by atoms with Gasteiger partial charge in [-0.1, -0.05) is 47.6 Å². The van der Waals surface area contributed by atoms with Crippen LogP contribution >= 0.6 is 0 Å². The Labute approximate surface area is 152 Å². The molecule has 0 bridgehead atoms. The first-order chi connectivity index (χ1) is 12.6. The number of amides is 2. The minimum atomic E-state index is -0.685. The summed E-state index contributed by atoms with van der Waals surface area (Å²) in [4.78, 5) is 28.1. The predicted octanol–water partition coefficient (Wildman–Crippen LogP) is 1.78. The molecule has 0 radical (unpaired) electrons. The van der Waals surface area contributed by atoms with Crippen LogP contribution in [0.25, 0.3) is 6.08 Å². The van der Waals surface area contributed by atoms with Crippen LogP contribution in [-0.4, -0.2) is 59.5 Å². The molecule has 0 unspecified atom stereocenters. The van der Waals surface area contributed by atoms with Crippen LogP contribution in [0.3, 0.4) is 0 Å². The molecular formula is C19H22N4O3. The van der Waals surface area contributed by atoms with Crippen molar-refractivity contribution in [2.75, 3.05) is 38.0 Å². The number of nitrogens with one attached hydrogen (secondary N) is 1. The number of nitrogens with zero attached hydrogens (tertiary/aromatic N) is 3. The summed E-state index contributed by atoms with van der Waals surface area (Å²) in [5.41, 5.74) is 1.17. The molecule has 1 aromatic heterocycles. The lowest BCUT2D eigenvalue weighted by Gasteiger charge is -2.33. The van der Waals surface area contributed by atoms with Crippen LogP contribution in [0.15, 0.2) is 47.0 Å². The number of benzene rings is 1. The van der Waals surface area contributed by atoms with Crippen molar-refractivity contribution in [1.82, 2.24) is 15.0 Å². The zero-order valence-corrected chi connectivity index (χ0v) is 14.7. The van der Waals surface area contributed by atoms with Crippen molar-refractivity contribution in [1.29, 1.82) is 0 Å². The number of carbonyl (C=O) groups is 2. The average Bonchev–Trinajstić information content (AvgIpc) is 3.07. The van der Waals surface area contributed by atoms with Crippen molar-refractivity contribution in [2.45, 2.75) is 6.92 Å². The maximum Gasteiger partial charge on any atom is 0.315 e. The summed E-state index contributed by atoms with van der Waals surface area (Å²) in [7, 11) is 0. The van der Waals surface area contributed by atoms with Gasteiger partial charge in [-0.05, 0) is 12.5 Å². The first kappa shape index (κ1) is 17.9. The van der Waals surface area contributed by atoms with E-state index in [1.165, 1.54) is 5.56 Å². The number of piperazine rings is 1. The summed E-state index contributed by atoms with van der Waals surface area (Å²) in [5.74, 6) is -0.392. The summed E-state index contributed by atoms with van der Waals surface area (Å²) in [6.07, 6.45) is 4.21. The van der Waals surface area contributed by atoms with E-state index in [-0.39, 0.29) is 5.82 Å². The normalized spacial score (nSPS) is 15.3. The fourth-order valence-corrected chi connectivity index (χ4v) is 2.77. The molecule has 2 amide bonds. The summed E-state index contributed by atoms with van der Waals surface area (Å²) in [6, 6.07) is 11.7. The number of rotatable bonds is 4. The molecule has 0 saturated carbocycles. The Morgan fingerprint density at radius 1 is 1.19 bits per heavy atom. The minimum Gasteiger partial charge on any atom is -0.360 e. The Hall–Kier alpha value is -2.93. The predicted molar refractivity (Wildman–Crippen MR) is 98.4 cm³/mol. The minimum absolute atomic E-state index is 0.255. The first-order valence-corrected chi connectivity index (χ1v) is 8.59. The van der Waals surface area contributed by atoms with Crippen LogP contribution in [0.4, 0.5) is 5.82 Å². The molecule has 1 aromatic carbocycles. The van der Waals surface area contributed by atoms with Crippen molar-refractivity contribution in [2.24, 2.45) is 0 Å². The second-order valence-electron chi connectivity index (χ2n) is 6.18. The number of carbonyl (C=O) groups excluding carboxylic acids is 2. The van der Waals surface area contributed by atoms with Gasteiger partial charge in [-0.2, -0.15) is 0 Å². The lowest BCUT2D eigenvalue weighted by Crippen LogP contribution is -2.51. The molecule has 1 N–H and O–H groups in total. The first-order valence-electron chi connectivity index (χ1n) is 8.59. The Morgan fingerprint density at radius 3 is 2.58 bits per heavy atom. The molecule has 2 heterocycles. The fraction of sp³-hybridized carbons (Fsp3) is 0.316. The lowest BCUT2D eigenvalue weighted by molar-refractivity contribution is -0.144. The van der Waals surface area contributed by atoms with Crippen LogP contribution in [0.5, 0.6) is 0 Å². The number of hydrogen-bond acceptors (Lipinski definition) is 5. The molecule has 1 fully saturated rings. The maximum absolute atomic E-state index is 12.2. The Morgan fingerprint density at radius 2 is 1.92 bits per heavy atom. The van der Waals surface area contributed by atoms with E-state index >= 15 is 0 Å². The number of anilines is 1. The highest BCUT2D eigenvalue weighted by Crippen LogP contribution is 2.09. The molecule has 7 heteroatoms. The van der Waals surface area contributed by atoms with Crippen LogP contribution < -0.4 is 5.32 Å². The summed E-state index contributed by atoms with van der Waals surface area (Å²) >= 11 is 0. The van der Waals surface area contributed by atoms with Gasteiger partial charge < -0.3 is 9.42 Å². The van der Waals surface area contributed by atoms with E-state index < -0.39 is 11.8 Å². The molecule has 26 heavy (non-hydrogen) atoms. The molecule has 0 atom stereocenters. The van der Waals surface area contributed by atoms with Crippen LogP contribution in [-0.2, 0) is 9.59 Å². The molecule has 136 valence electrons. The average molecular weight is 354 g/mol. The van der Waals surface area contributed by atoms with Gasteiger partial charge in [0.05, 0.1) is 0 Å². The van der Waals surface area contributed by atoms with Gasteiger partial charge in [0, 0.05) is 38.8 Å². The van der Waals surface area contributed by atoms with Gasteiger partial charge >= 0.3 is 11.8 Å². The van der Waals surface area contributed by atoms with Crippen molar-refractivity contribution in [3.63, 3.8) is 0 Å². The summed E-state index contributed by atoms with van der Waals surface area (Å²) in [6.45, 7) is 5.08. The molecule has 1 saturated heterocycles. The van der Waals surface area contributed by atoms with Gasteiger partial charge in [0.2, 0.25) is 0 Å². The highest BCUT2D eigenvalue weighted by molar-refractivity contribution is 6.39. The molecule has 1 aliphatic rings. The topological polar surface area (TPSA) is 78.7 Å². The highest BCUT2D eigenvalue weighted by atomic mass is 16.5. The van der Waals surface area contributed by atoms with E-state index in [1.807, 2.05) is 18.2 Å². The van der Waals surface area contributed by atoms with Gasteiger partial charge in [0.25, 0.3) is 0 Å². The quantitative estimate of drug-likeness (QED) is 0.847. The van der Waals surface area contributed by atoms with E-state index in [9.17, 15) is 9.59 Å². The zero-order valence-electron chi connectivity index (χ0n) is 14.7. The Kier molecular flexibility index (Phi) is 5.80. The highest BCUT2D eigenvalue weighted by Gasteiger charge is 2.26. The lowest BCUT2D eigenvalue weighted by atomic mass is 10.2. The van der Waals surface area contributed by atoms with Crippen molar-refractivity contribution >= 4 is 23.7 Å². The second-order valence-corrected chi connectivity index (χ2v) is 6.18. The van der Waals surface area contributed by atoms with Crippen molar-refractivity contribution < 1.29 is 14.1 Å². The molecule has 3 rings (SSSR count). The fourth-order valence-electron chi connectivity index (χ4n) is 2.77. The van der Waals surface area contributed by atoms with E-state index in [0.29, 0.717) is 18.8 Å². The van der Waals surface area contributed by atoms with Gasteiger partial charge in [0.15, 0.2) is 5.82 Å². The summed E-state index contributed by atoms with van der Waals surface area (Å²) in [5, 5.41) is 6.12. The third-order valence-corrected chi connectivity index (χ3v) is 4.20. The standard InChI is InChI=1S/C19H22N4O3/c1-15-14-17(21-26-15)20-18(24)19(25)23-12-10-22(11-13-23)9-5-8-16-6-3-2-4-7-16/h2-8,14H,9-13H2,1H3,(H,20,21,24)/b8-5+. The molecule has 0 spiro atoms. The van der Waals surface area contributed by atoms with Crippen LogP contribution in [0.1, 0.15) is 11.3 Å². The largest absolute Gasteiger partial charge is 0.360 e. The van der Waals surface area contributed by atoms with Gasteiger partial charge in [-0.15, -0.1) is 0 Å². The second kappa shape index (κ2) is 8.44. The Bertz CT molecular complexity index is 777. The molecule has 2 aromatic rings. The van der Waals surface area contributed by atoms with E-state index in [4.69, 9.17) is 4.52 Å².